The molecule has 1 aromatic rings. The summed E-state index contributed by atoms with van der Waals surface area (Å²) >= 11 is 3.55. The van der Waals surface area contributed by atoms with Crippen LogP contribution in [0.2, 0.25) is 0 Å². The van der Waals surface area contributed by atoms with Crippen molar-refractivity contribution in [1.29, 1.82) is 0 Å². The lowest BCUT2D eigenvalue weighted by Crippen LogP contribution is -2.20. The van der Waals surface area contributed by atoms with Crippen molar-refractivity contribution in [3.63, 3.8) is 0 Å². The van der Waals surface area contributed by atoms with Gasteiger partial charge in [-0.25, -0.2) is 0 Å². The third-order valence-corrected chi connectivity index (χ3v) is 3.83. The monoisotopic (exact) mass is 295 g/mol. The van der Waals surface area contributed by atoms with Crippen LogP contribution in [0.4, 0.5) is 0 Å². The maximum atomic E-state index is 3.78. The van der Waals surface area contributed by atoms with Crippen molar-refractivity contribution in [2.24, 2.45) is 0 Å². The first-order valence-corrected chi connectivity index (χ1v) is 7.08. The van der Waals surface area contributed by atoms with Gasteiger partial charge in [-0.3, -0.25) is 0 Å². The quantitative estimate of drug-likeness (QED) is 0.565. The van der Waals surface area contributed by atoms with E-state index < -0.39 is 0 Å². The molecule has 0 saturated carbocycles. The number of hydrogen-bond donors (Lipinski definition) is 1. The molecule has 0 saturated heterocycles. The highest BCUT2D eigenvalue weighted by atomic mass is 79.9. The molecule has 0 aromatic heterocycles. The molecule has 1 atom stereocenters. The van der Waals surface area contributed by atoms with Gasteiger partial charge in [0, 0.05) is 10.5 Å². The molecular weight excluding hydrogens is 274 g/mol. The highest BCUT2D eigenvalue weighted by Gasteiger charge is 2.10. The third kappa shape index (κ3) is 4.64. The van der Waals surface area contributed by atoms with E-state index in [0.717, 1.165) is 13.0 Å². The molecule has 1 unspecified atom stereocenters. The summed E-state index contributed by atoms with van der Waals surface area (Å²) in [7, 11) is 0. The van der Waals surface area contributed by atoms with Crippen molar-refractivity contribution >= 4 is 15.9 Å². The van der Waals surface area contributed by atoms with Gasteiger partial charge in [0.05, 0.1) is 0 Å². The Morgan fingerprint density at radius 3 is 2.82 bits per heavy atom. The molecule has 94 valence electrons. The zero-order valence-corrected chi connectivity index (χ0v) is 12.4. The Bertz CT molecular complexity index is 360. The van der Waals surface area contributed by atoms with Gasteiger partial charge in [-0.05, 0) is 49.9 Å². The molecule has 1 rings (SSSR count). The van der Waals surface area contributed by atoms with E-state index >= 15 is 0 Å². The van der Waals surface area contributed by atoms with E-state index in [1.807, 2.05) is 6.08 Å². The van der Waals surface area contributed by atoms with Crippen molar-refractivity contribution in [2.75, 3.05) is 6.54 Å². The van der Waals surface area contributed by atoms with Crippen LogP contribution in [0.25, 0.3) is 0 Å². The molecular formula is C15H22BrN. The summed E-state index contributed by atoms with van der Waals surface area (Å²) in [6.45, 7) is 9.08. The molecule has 1 N–H and O–H groups in total. The van der Waals surface area contributed by atoms with E-state index in [9.17, 15) is 0 Å². The number of aryl methyl sites for hydroxylation is 1. The van der Waals surface area contributed by atoms with Gasteiger partial charge in [0.2, 0.25) is 0 Å². The standard InChI is InChI=1S/C15H22BrN/c1-4-6-7-8-15(17-5-2)13-9-10-14(16)12(3)11-13/h4,9-11,15,17H,1,5-8H2,2-3H3. The summed E-state index contributed by atoms with van der Waals surface area (Å²) in [5, 5.41) is 3.55. The fourth-order valence-corrected chi connectivity index (χ4v) is 2.23. The summed E-state index contributed by atoms with van der Waals surface area (Å²) in [5.41, 5.74) is 2.69. The summed E-state index contributed by atoms with van der Waals surface area (Å²) in [6, 6.07) is 7.08. The second-order valence-corrected chi connectivity index (χ2v) is 5.19. The minimum atomic E-state index is 0.465. The summed E-state index contributed by atoms with van der Waals surface area (Å²) in [5.74, 6) is 0. The fraction of sp³-hybridized carbons (Fsp3) is 0.467. The lowest BCUT2D eigenvalue weighted by Gasteiger charge is -2.19. The number of unbranched alkanes of at least 4 members (excludes halogenated alkanes) is 1. The minimum absolute atomic E-state index is 0.465. The Hall–Kier alpha value is -0.600. The normalized spacial score (nSPS) is 12.4. The molecule has 0 aliphatic heterocycles. The lowest BCUT2D eigenvalue weighted by atomic mass is 9.99. The number of halogens is 1. The van der Waals surface area contributed by atoms with Crippen LogP contribution in [-0.2, 0) is 0 Å². The predicted octanol–water partition coefficient (Wildman–Crippen LogP) is 4.76. The first kappa shape index (κ1) is 14.5. The summed E-state index contributed by atoms with van der Waals surface area (Å²) < 4.78 is 1.18. The average molecular weight is 296 g/mol. The van der Waals surface area contributed by atoms with Gasteiger partial charge in [0.1, 0.15) is 0 Å². The molecule has 2 heteroatoms. The number of rotatable bonds is 7. The number of nitrogens with one attached hydrogen (secondary N) is 1. The largest absolute Gasteiger partial charge is 0.310 e. The maximum Gasteiger partial charge on any atom is 0.0320 e. The topological polar surface area (TPSA) is 12.0 Å². The van der Waals surface area contributed by atoms with Crippen LogP contribution in [0.1, 0.15) is 43.4 Å². The molecule has 0 fully saturated rings. The van der Waals surface area contributed by atoms with Crippen molar-refractivity contribution in [3.05, 3.63) is 46.5 Å². The SMILES string of the molecule is C=CCCCC(NCC)c1ccc(Br)c(C)c1. The van der Waals surface area contributed by atoms with E-state index in [1.54, 1.807) is 0 Å². The minimum Gasteiger partial charge on any atom is -0.310 e. The number of allylic oxidation sites excluding steroid dienone is 1. The van der Waals surface area contributed by atoms with Gasteiger partial charge < -0.3 is 5.32 Å². The molecule has 0 bridgehead atoms. The van der Waals surface area contributed by atoms with E-state index in [2.05, 4.69) is 59.9 Å². The van der Waals surface area contributed by atoms with Crippen molar-refractivity contribution < 1.29 is 0 Å². The maximum absolute atomic E-state index is 3.78. The second kappa shape index (κ2) is 7.67. The van der Waals surface area contributed by atoms with Crippen LogP contribution in [0, 0.1) is 6.92 Å². The number of benzene rings is 1. The van der Waals surface area contributed by atoms with E-state index in [0.29, 0.717) is 6.04 Å². The van der Waals surface area contributed by atoms with E-state index in [1.165, 1.54) is 28.4 Å². The van der Waals surface area contributed by atoms with Crippen LogP contribution in [0.15, 0.2) is 35.3 Å². The van der Waals surface area contributed by atoms with Gasteiger partial charge in [0.25, 0.3) is 0 Å². The van der Waals surface area contributed by atoms with Crippen molar-refractivity contribution in [3.8, 4) is 0 Å². The van der Waals surface area contributed by atoms with Crippen LogP contribution < -0.4 is 5.32 Å². The molecule has 0 aliphatic rings. The Morgan fingerprint density at radius 2 is 2.24 bits per heavy atom. The van der Waals surface area contributed by atoms with Gasteiger partial charge in [0.15, 0.2) is 0 Å². The molecule has 1 aromatic carbocycles. The van der Waals surface area contributed by atoms with Gasteiger partial charge in [-0.15, -0.1) is 6.58 Å². The molecule has 1 nitrogen and oxygen atoms in total. The van der Waals surface area contributed by atoms with Crippen molar-refractivity contribution in [1.82, 2.24) is 5.32 Å². The summed E-state index contributed by atoms with van der Waals surface area (Å²) in [6.07, 6.45) is 5.45. The highest BCUT2D eigenvalue weighted by Crippen LogP contribution is 2.24. The zero-order valence-electron chi connectivity index (χ0n) is 10.8. The molecule has 0 spiro atoms. The van der Waals surface area contributed by atoms with E-state index in [4.69, 9.17) is 0 Å². The lowest BCUT2D eigenvalue weighted by molar-refractivity contribution is 0.500. The first-order chi connectivity index (χ1) is 8.19. The van der Waals surface area contributed by atoms with Crippen LogP contribution in [0.5, 0.6) is 0 Å². The Kier molecular flexibility index (Phi) is 6.53. The average Bonchev–Trinajstić information content (AvgIpc) is 2.32. The smallest absolute Gasteiger partial charge is 0.0320 e. The fourth-order valence-electron chi connectivity index (χ4n) is 1.98. The second-order valence-electron chi connectivity index (χ2n) is 4.34. The Balaban J connectivity index is 2.73. The molecule has 0 aliphatic carbocycles. The van der Waals surface area contributed by atoms with Crippen LogP contribution in [-0.4, -0.2) is 6.54 Å². The predicted molar refractivity (Wildman–Crippen MR) is 79.3 cm³/mol. The zero-order chi connectivity index (χ0) is 12.7. The number of hydrogen-bond acceptors (Lipinski definition) is 1. The first-order valence-electron chi connectivity index (χ1n) is 6.29. The van der Waals surface area contributed by atoms with Gasteiger partial charge in [-0.2, -0.15) is 0 Å². The molecule has 0 amide bonds. The highest BCUT2D eigenvalue weighted by molar-refractivity contribution is 9.10. The van der Waals surface area contributed by atoms with Crippen LogP contribution >= 0.6 is 15.9 Å². The van der Waals surface area contributed by atoms with Gasteiger partial charge >= 0.3 is 0 Å². The van der Waals surface area contributed by atoms with Crippen molar-refractivity contribution in [2.45, 2.75) is 39.2 Å². The van der Waals surface area contributed by atoms with Crippen LogP contribution in [0.3, 0.4) is 0 Å². The molecule has 0 radical (unpaired) electrons. The van der Waals surface area contributed by atoms with E-state index in [-0.39, 0.29) is 0 Å². The molecule has 17 heavy (non-hydrogen) atoms. The Morgan fingerprint density at radius 1 is 1.47 bits per heavy atom. The Labute approximate surface area is 113 Å². The van der Waals surface area contributed by atoms with Gasteiger partial charge in [-0.1, -0.05) is 41.1 Å². The molecule has 0 heterocycles. The third-order valence-electron chi connectivity index (χ3n) is 2.94. The summed E-state index contributed by atoms with van der Waals surface area (Å²) in [4.78, 5) is 0.